The molecule has 0 fully saturated rings. The first-order chi connectivity index (χ1) is 15.2. The fourth-order valence-electron chi connectivity index (χ4n) is 3.39. The number of ketones is 1. The maximum Gasteiger partial charge on any atom is 0.230 e. The molecule has 31 heavy (non-hydrogen) atoms. The van der Waals surface area contributed by atoms with Crippen molar-refractivity contribution in [2.75, 3.05) is 6.61 Å². The van der Waals surface area contributed by atoms with Crippen molar-refractivity contribution < 1.29 is 18.7 Å². The van der Waals surface area contributed by atoms with Crippen LogP contribution in [0.2, 0.25) is 0 Å². The van der Waals surface area contributed by atoms with Crippen molar-refractivity contribution in [1.82, 2.24) is 14.4 Å². The van der Waals surface area contributed by atoms with Crippen molar-refractivity contribution in [3.8, 4) is 28.6 Å². The molecule has 0 bridgehead atoms. The normalized spacial score (nSPS) is 11.1. The van der Waals surface area contributed by atoms with E-state index < -0.39 is 0 Å². The summed E-state index contributed by atoms with van der Waals surface area (Å²) < 4.78 is 19.3. The van der Waals surface area contributed by atoms with Gasteiger partial charge in [0, 0.05) is 36.6 Å². The van der Waals surface area contributed by atoms with Gasteiger partial charge in [0.05, 0.1) is 17.3 Å². The Morgan fingerprint density at radius 2 is 2.03 bits per heavy atom. The van der Waals surface area contributed by atoms with Crippen molar-refractivity contribution in [1.29, 1.82) is 0 Å². The lowest BCUT2D eigenvalue weighted by atomic mass is 10.1. The zero-order valence-electron chi connectivity index (χ0n) is 16.8. The first-order valence-corrected chi connectivity index (χ1v) is 9.94. The van der Waals surface area contributed by atoms with Gasteiger partial charge in [-0.1, -0.05) is 13.0 Å². The zero-order chi connectivity index (χ0) is 21.2. The Labute approximate surface area is 177 Å². The number of hydrogen-bond donors (Lipinski definition) is 0. The standard InChI is InChI=1S/C24H19N3O4/c1-2-16(28)15-30-22-14-17(31-24-19-9-13-29-21(19)8-10-26-24)6-7-18(22)20-4-3-5-23-25-11-12-27(20)23/h3-14H,2,15H2,1H3. The third kappa shape index (κ3) is 3.61. The van der Waals surface area contributed by atoms with Crippen LogP contribution < -0.4 is 9.47 Å². The van der Waals surface area contributed by atoms with Crippen LogP contribution in [0.3, 0.4) is 0 Å². The summed E-state index contributed by atoms with van der Waals surface area (Å²) in [6.07, 6.45) is 7.27. The van der Waals surface area contributed by atoms with Crippen LogP contribution in [-0.4, -0.2) is 26.8 Å². The van der Waals surface area contributed by atoms with Crippen molar-refractivity contribution in [2.45, 2.75) is 13.3 Å². The molecular formula is C24H19N3O4. The average Bonchev–Trinajstić information content (AvgIpc) is 3.47. The van der Waals surface area contributed by atoms with Gasteiger partial charge < -0.3 is 13.9 Å². The van der Waals surface area contributed by atoms with Crippen LogP contribution in [0.25, 0.3) is 27.9 Å². The van der Waals surface area contributed by atoms with Crippen molar-refractivity contribution in [3.63, 3.8) is 0 Å². The van der Waals surface area contributed by atoms with Crippen molar-refractivity contribution in [2.24, 2.45) is 0 Å². The molecule has 7 nitrogen and oxygen atoms in total. The Kier molecular flexibility index (Phi) is 4.84. The highest BCUT2D eigenvalue weighted by Crippen LogP contribution is 2.36. The second-order valence-electron chi connectivity index (χ2n) is 6.96. The van der Waals surface area contributed by atoms with E-state index in [2.05, 4.69) is 9.97 Å². The minimum atomic E-state index is -0.0115. The summed E-state index contributed by atoms with van der Waals surface area (Å²) in [7, 11) is 0. The van der Waals surface area contributed by atoms with E-state index in [1.807, 2.05) is 53.9 Å². The van der Waals surface area contributed by atoms with E-state index in [0.717, 1.165) is 22.3 Å². The number of nitrogens with zero attached hydrogens (tertiary/aromatic N) is 3. The molecule has 1 aromatic carbocycles. The van der Waals surface area contributed by atoms with Gasteiger partial charge in [-0.3, -0.25) is 9.20 Å². The Morgan fingerprint density at radius 1 is 1.10 bits per heavy atom. The molecule has 0 radical (unpaired) electrons. The fourth-order valence-corrected chi connectivity index (χ4v) is 3.39. The molecule has 0 spiro atoms. The van der Waals surface area contributed by atoms with Crippen LogP contribution in [0, 0.1) is 0 Å². The molecule has 0 amide bonds. The van der Waals surface area contributed by atoms with E-state index in [1.165, 1.54) is 0 Å². The predicted octanol–water partition coefficient (Wildman–Crippen LogP) is 5.29. The average molecular weight is 413 g/mol. The van der Waals surface area contributed by atoms with Gasteiger partial charge in [0.2, 0.25) is 5.88 Å². The molecule has 4 heterocycles. The maximum absolute atomic E-state index is 11.9. The van der Waals surface area contributed by atoms with Crippen LogP contribution in [0.5, 0.6) is 17.4 Å². The van der Waals surface area contributed by atoms with Crippen LogP contribution in [-0.2, 0) is 4.79 Å². The van der Waals surface area contributed by atoms with Gasteiger partial charge in [-0.05, 0) is 36.4 Å². The molecule has 0 saturated carbocycles. The summed E-state index contributed by atoms with van der Waals surface area (Å²) in [4.78, 5) is 20.6. The predicted molar refractivity (Wildman–Crippen MR) is 116 cm³/mol. The van der Waals surface area contributed by atoms with Gasteiger partial charge in [-0.2, -0.15) is 0 Å². The van der Waals surface area contributed by atoms with Crippen LogP contribution in [0.1, 0.15) is 13.3 Å². The number of hydrogen-bond acceptors (Lipinski definition) is 6. The molecule has 0 N–H and O–H groups in total. The number of furan rings is 1. The number of carbonyl (C=O) groups excluding carboxylic acids is 1. The quantitative estimate of drug-likeness (QED) is 0.361. The third-order valence-corrected chi connectivity index (χ3v) is 5.00. The SMILES string of the molecule is CCC(=O)COc1cc(Oc2nccc3occc23)ccc1-c1cccc2nccn12. The Bertz CT molecular complexity index is 1390. The van der Waals surface area contributed by atoms with E-state index >= 15 is 0 Å². The van der Waals surface area contributed by atoms with Gasteiger partial charge in [0.1, 0.15) is 29.3 Å². The van der Waals surface area contributed by atoms with Crippen molar-refractivity contribution in [3.05, 3.63) is 73.4 Å². The third-order valence-electron chi connectivity index (χ3n) is 5.00. The summed E-state index contributed by atoms with van der Waals surface area (Å²) >= 11 is 0. The lowest BCUT2D eigenvalue weighted by Gasteiger charge is -2.14. The summed E-state index contributed by atoms with van der Waals surface area (Å²) in [5, 5.41) is 0.776. The monoisotopic (exact) mass is 413 g/mol. The lowest BCUT2D eigenvalue weighted by molar-refractivity contribution is -0.120. The second kappa shape index (κ2) is 7.95. The van der Waals surface area contributed by atoms with Gasteiger partial charge in [0.25, 0.3) is 0 Å². The first-order valence-electron chi connectivity index (χ1n) is 9.94. The maximum atomic E-state index is 11.9. The minimum Gasteiger partial charge on any atom is -0.485 e. The molecule has 0 unspecified atom stereocenters. The number of rotatable bonds is 7. The molecule has 5 aromatic rings. The molecule has 0 aliphatic rings. The molecule has 0 atom stereocenters. The molecule has 0 aliphatic heterocycles. The summed E-state index contributed by atoms with van der Waals surface area (Å²) in [6, 6.07) is 15.0. The molecule has 4 aromatic heterocycles. The second-order valence-corrected chi connectivity index (χ2v) is 6.96. The number of ether oxygens (including phenoxy) is 2. The molecule has 154 valence electrons. The molecule has 5 rings (SSSR count). The Hall–Kier alpha value is -4.13. The molecular weight excluding hydrogens is 394 g/mol. The zero-order valence-corrected chi connectivity index (χ0v) is 16.8. The van der Waals surface area contributed by atoms with Crippen LogP contribution in [0.4, 0.5) is 0 Å². The molecule has 0 aliphatic carbocycles. The number of imidazole rings is 1. The van der Waals surface area contributed by atoms with E-state index in [0.29, 0.717) is 29.4 Å². The number of aromatic nitrogens is 3. The molecule has 0 saturated heterocycles. The highest BCUT2D eigenvalue weighted by Gasteiger charge is 2.15. The first kappa shape index (κ1) is 18.9. The topological polar surface area (TPSA) is 78.9 Å². The summed E-state index contributed by atoms with van der Waals surface area (Å²) in [5.74, 6) is 1.54. The number of benzene rings is 1. The van der Waals surface area contributed by atoms with Crippen LogP contribution in [0.15, 0.2) is 77.8 Å². The number of pyridine rings is 2. The van der Waals surface area contributed by atoms with Crippen molar-refractivity contribution >= 4 is 22.4 Å². The Morgan fingerprint density at radius 3 is 2.94 bits per heavy atom. The Balaban J connectivity index is 1.56. The summed E-state index contributed by atoms with van der Waals surface area (Å²) in [6.45, 7) is 1.80. The van der Waals surface area contributed by atoms with Gasteiger partial charge in [-0.25, -0.2) is 9.97 Å². The number of Topliss-reactive ketones (excluding diaryl/α,β-unsaturated/α-hetero) is 1. The van der Waals surface area contributed by atoms with E-state index in [1.54, 1.807) is 30.8 Å². The number of fused-ring (bicyclic) bond motifs is 2. The van der Waals surface area contributed by atoms with Gasteiger partial charge in [-0.15, -0.1) is 0 Å². The lowest BCUT2D eigenvalue weighted by Crippen LogP contribution is -2.10. The smallest absolute Gasteiger partial charge is 0.230 e. The van der Waals surface area contributed by atoms with Crippen LogP contribution >= 0.6 is 0 Å². The van der Waals surface area contributed by atoms with E-state index in [9.17, 15) is 4.79 Å². The minimum absolute atomic E-state index is 0.0115. The summed E-state index contributed by atoms with van der Waals surface area (Å²) in [5.41, 5.74) is 3.24. The highest BCUT2D eigenvalue weighted by atomic mass is 16.5. The van der Waals surface area contributed by atoms with Gasteiger partial charge in [0.15, 0.2) is 5.78 Å². The highest BCUT2D eigenvalue weighted by molar-refractivity contribution is 5.82. The number of carbonyl (C=O) groups is 1. The van der Waals surface area contributed by atoms with Gasteiger partial charge >= 0.3 is 0 Å². The fraction of sp³-hybridized carbons (Fsp3) is 0.125. The largest absolute Gasteiger partial charge is 0.485 e. The van der Waals surface area contributed by atoms with E-state index in [-0.39, 0.29) is 12.4 Å². The molecule has 7 heteroatoms. The van der Waals surface area contributed by atoms with E-state index in [4.69, 9.17) is 13.9 Å².